The van der Waals surface area contributed by atoms with Crippen molar-refractivity contribution in [2.75, 3.05) is 43.9 Å². The summed E-state index contributed by atoms with van der Waals surface area (Å²) in [6.45, 7) is 8.93. The number of benzene rings is 1. The number of hydrogen-bond donors (Lipinski definition) is 1. The summed E-state index contributed by atoms with van der Waals surface area (Å²) in [7, 11) is 2.15. The summed E-state index contributed by atoms with van der Waals surface area (Å²) in [6, 6.07) is 10.6. The number of nitrogens with zero attached hydrogens (tertiary/aromatic N) is 3. The zero-order valence-corrected chi connectivity index (χ0v) is 17.9. The van der Waals surface area contributed by atoms with Crippen molar-refractivity contribution in [3.8, 4) is 0 Å². The number of anilines is 1. The molecule has 2 heterocycles. The zero-order valence-electron chi connectivity index (χ0n) is 17.1. The summed E-state index contributed by atoms with van der Waals surface area (Å²) in [6.07, 6.45) is 2.39. The molecule has 5 nitrogen and oxygen atoms in total. The van der Waals surface area contributed by atoms with E-state index in [2.05, 4.69) is 71.3 Å². The van der Waals surface area contributed by atoms with Crippen LogP contribution in [0.3, 0.4) is 0 Å². The molecule has 1 aliphatic rings. The molecule has 0 unspecified atom stereocenters. The van der Waals surface area contributed by atoms with Crippen molar-refractivity contribution in [1.82, 2.24) is 15.2 Å². The van der Waals surface area contributed by atoms with E-state index < -0.39 is 0 Å². The van der Waals surface area contributed by atoms with E-state index in [1.165, 1.54) is 16.0 Å². The SMILES string of the molecule is Cc1ccc(SCCC(=O)NCc2ccc(N3CCN(C)CC3)nc2)cc1C. The number of likely N-dealkylation sites (N-methyl/N-ethyl adjacent to an activating group) is 1. The van der Waals surface area contributed by atoms with Crippen LogP contribution in [0.1, 0.15) is 23.1 Å². The number of nitrogens with one attached hydrogen (secondary N) is 1. The fourth-order valence-corrected chi connectivity index (χ4v) is 4.05. The first-order valence-electron chi connectivity index (χ1n) is 9.86. The summed E-state index contributed by atoms with van der Waals surface area (Å²) < 4.78 is 0. The minimum absolute atomic E-state index is 0.0828. The van der Waals surface area contributed by atoms with Gasteiger partial charge in [-0.3, -0.25) is 4.79 Å². The number of aryl methyl sites for hydroxylation is 2. The molecule has 150 valence electrons. The quantitative estimate of drug-likeness (QED) is 0.726. The molecule has 1 aliphatic heterocycles. The maximum atomic E-state index is 12.1. The average Bonchev–Trinajstić information content (AvgIpc) is 2.70. The molecule has 0 atom stereocenters. The number of aromatic nitrogens is 1. The molecule has 3 rings (SSSR count). The Morgan fingerprint density at radius 2 is 1.89 bits per heavy atom. The molecular weight excluding hydrogens is 368 g/mol. The number of carbonyl (C=O) groups is 1. The van der Waals surface area contributed by atoms with Gasteiger partial charge in [-0.05, 0) is 55.8 Å². The van der Waals surface area contributed by atoms with Crippen LogP contribution in [0, 0.1) is 13.8 Å². The van der Waals surface area contributed by atoms with Gasteiger partial charge in [0.2, 0.25) is 5.91 Å². The molecule has 0 bridgehead atoms. The molecule has 1 aromatic heterocycles. The second-order valence-electron chi connectivity index (χ2n) is 7.44. The van der Waals surface area contributed by atoms with Gasteiger partial charge in [0, 0.05) is 56.0 Å². The summed E-state index contributed by atoms with van der Waals surface area (Å²) in [5.74, 6) is 1.89. The normalized spacial score (nSPS) is 14.9. The topological polar surface area (TPSA) is 48.5 Å². The first kappa shape index (κ1) is 20.7. The molecule has 1 aromatic carbocycles. The highest BCUT2D eigenvalue weighted by Gasteiger charge is 2.15. The second-order valence-corrected chi connectivity index (χ2v) is 8.60. The lowest BCUT2D eigenvalue weighted by Gasteiger charge is -2.33. The highest BCUT2D eigenvalue weighted by molar-refractivity contribution is 7.99. The average molecular weight is 399 g/mol. The zero-order chi connectivity index (χ0) is 19.9. The van der Waals surface area contributed by atoms with E-state index >= 15 is 0 Å². The van der Waals surface area contributed by atoms with Crippen molar-refractivity contribution in [2.24, 2.45) is 0 Å². The van der Waals surface area contributed by atoms with Gasteiger partial charge in [0.25, 0.3) is 0 Å². The highest BCUT2D eigenvalue weighted by Crippen LogP contribution is 2.21. The first-order chi connectivity index (χ1) is 13.5. The van der Waals surface area contributed by atoms with Crippen molar-refractivity contribution in [2.45, 2.75) is 31.7 Å². The van der Waals surface area contributed by atoms with Gasteiger partial charge in [0.15, 0.2) is 0 Å². The number of piperazine rings is 1. The first-order valence-corrected chi connectivity index (χ1v) is 10.8. The van der Waals surface area contributed by atoms with E-state index in [1.807, 2.05) is 6.20 Å². The van der Waals surface area contributed by atoms with E-state index in [-0.39, 0.29) is 5.91 Å². The van der Waals surface area contributed by atoms with Crippen LogP contribution in [0.4, 0.5) is 5.82 Å². The molecular formula is C22H30N4OS. The number of pyridine rings is 1. The van der Waals surface area contributed by atoms with Gasteiger partial charge in [-0.25, -0.2) is 4.98 Å². The van der Waals surface area contributed by atoms with Crippen molar-refractivity contribution in [1.29, 1.82) is 0 Å². The molecule has 1 fully saturated rings. The maximum Gasteiger partial charge on any atom is 0.221 e. The number of amides is 1. The number of rotatable bonds is 7. The Morgan fingerprint density at radius 1 is 1.11 bits per heavy atom. The van der Waals surface area contributed by atoms with Crippen LogP contribution in [0.5, 0.6) is 0 Å². The fourth-order valence-electron chi connectivity index (χ4n) is 3.10. The Bertz CT molecular complexity index is 786. The van der Waals surface area contributed by atoms with Crippen LogP contribution in [-0.2, 0) is 11.3 Å². The van der Waals surface area contributed by atoms with Crippen LogP contribution in [0.25, 0.3) is 0 Å². The standard InChI is InChI=1S/C22H30N4OS/c1-17-4-6-20(14-18(17)2)28-13-8-22(27)24-16-19-5-7-21(23-15-19)26-11-9-25(3)10-12-26/h4-7,14-15H,8-13,16H2,1-3H3,(H,24,27). The van der Waals surface area contributed by atoms with Gasteiger partial charge in [-0.15, -0.1) is 11.8 Å². The van der Waals surface area contributed by atoms with E-state index in [1.54, 1.807) is 11.8 Å². The Balaban J connectivity index is 1.38. The minimum atomic E-state index is 0.0828. The third-order valence-electron chi connectivity index (χ3n) is 5.20. The minimum Gasteiger partial charge on any atom is -0.354 e. The van der Waals surface area contributed by atoms with Crippen LogP contribution in [-0.4, -0.2) is 54.8 Å². The molecule has 2 aromatic rings. The predicted octanol–water partition coefficient (Wildman–Crippen LogP) is 3.25. The van der Waals surface area contributed by atoms with Gasteiger partial charge < -0.3 is 15.1 Å². The molecule has 0 radical (unpaired) electrons. The smallest absolute Gasteiger partial charge is 0.221 e. The van der Waals surface area contributed by atoms with Crippen molar-refractivity contribution < 1.29 is 4.79 Å². The van der Waals surface area contributed by atoms with Gasteiger partial charge in [0.05, 0.1) is 0 Å². The number of thioether (sulfide) groups is 1. The van der Waals surface area contributed by atoms with E-state index in [0.717, 1.165) is 43.3 Å². The Kier molecular flexibility index (Phi) is 7.34. The number of carbonyl (C=O) groups excluding carboxylic acids is 1. The van der Waals surface area contributed by atoms with Gasteiger partial charge in [-0.2, -0.15) is 0 Å². The third-order valence-corrected chi connectivity index (χ3v) is 6.20. The number of hydrogen-bond acceptors (Lipinski definition) is 5. The molecule has 0 aliphatic carbocycles. The largest absolute Gasteiger partial charge is 0.354 e. The molecule has 0 saturated carbocycles. The van der Waals surface area contributed by atoms with Crippen LogP contribution >= 0.6 is 11.8 Å². The monoisotopic (exact) mass is 398 g/mol. The molecule has 1 N–H and O–H groups in total. The second kappa shape index (κ2) is 9.94. The van der Waals surface area contributed by atoms with Crippen LogP contribution < -0.4 is 10.2 Å². The lowest BCUT2D eigenvalue weighted by Crippen LogP contribution is -2.44. The van der Waals surface area contributed by atoms with Crippen molar-refractivity contribution >= 4 is 23.5 Å². The summed E-state index contributed by atoms with van der Waals surface area (Å²) >= 11 is 1.73. The maximum absolute atomic E-state index is 12.1. The molecule has 1 saturated heterocycles. The molecule has 1 amide bonds. The predicted molar refractivity (Wildman–Crippen MR) is 117 cm³/mol. The van der Waals surface area contributed by atoms with E-state index in [4.69, 9.17) is 0 Å². The van der Waals surface area contributed by atoms with Crippen molar-refractivity contribution in [3.63, 3.8) is 0 Å². The highest BCUT2D eigenvalue weighted by atomic mass is 32.2. The molecule has 6 heteroatoms. The van der Waals surface area contributed by atoms with Crippen LogP contribution in [0.15, 0.2) is 41.4 Å². The Hall–Kier alpha value is -2.05. The Labute approximate surface area is 172 Å². The van der Waals surface area contributed by atoms with E-state index in [9.17, 15) is 4.79 Å². The summed E-state index contributed by atoms with van der Waals surface area (Å²) in [4.78, 5) is 22.6. The van der Waals surface area contributed by atoms with Gasteiger partial charge in [0.1, 0.15) is 5.82 Å². The summed E-state index contributed by atoms with van der Waals surface area (Å²) in [5, 5.41) is 3.00. The molecule has 28 heavy (non-hydrogen) atoms. The van der Waals surface area contributed by atoms with E-state index in [0.29, 0.717) is 13.0 Å². The van der Waals surface area contributed by atoms with Gasteiger partial charge in [-0.1, -0.05) is 12.1 Å². The third kappa shape index (κ3) is 5.97. The fraction of sp³-hybridized carbons (Fsp3) is 0.455. The lowest BCUT2D eigenvalue weighted by atomic mass is 10.1. The Morgan fingerprint density at radius 3 is 2.57 bits per heavy atom. The van der Waals surface area contributed by atoms with Gasteiger partial charge >= 0.3 is 0 Å². The summed E-state index contributed by atoms with van der Waals surface area (Å²) in [5.41, 5.74) is 3.63. The lowest BCUT2D eigenvalue weighted by molar-refractivity contribution is -0.120. The molecule has 0 spiro atoms. The van der Waals surface area contributed by atoms with Crippen molar-refractivity contribution in [3.05, 3.63) is 53.2 Å². The van der Waals surface area contributed by atoms with Crippen LogP contribution in [0.2, 0.25) is 0 Å².